The van der Waals surface area contributed by atoms with Gasteiger partial charge in [-0.25, -0.2) is 0 Å². The summed E-state index contributed by atoms with van der Waals surface area (Å²) in [5.74, 6) is 0.936. The summed E-state index contributed by atoms with van der Waals surface area (Å²) in [5.41, 5.74) is 4.39. The van der Waals surface area contributed by atoms with E-state index in [1.165, 1.54) is 0 Å². The van der Waals surface area contributed by atoms with Crippen molar-refractivity contribution in [2.75, 3.05) is 0 Å². The lowest BCUT2D eigenvalue weighted by Crippen LogP contribution is -2.44. The Hall–Kier alpha value is -0.0400. The number of alkyl halides is 3. The van der Waals surface area contributed by atoms with Crippen molar-refractivity contribution in [2.24, 2.45) is 5.73 Å². The third-order valence-corrected chi connectivity index (χ3v) is 2.75. The van der Waals surface area contributed by atoms with Gasteiger partial charge in [0.1, 0.15) is 0 Å². The SMILES string of the molecule is C[C](C)C[C@]1(O)C[C@@H](OC(F)(F)F)C[C@@H]1N.Cl. The molecule has 1 aliphatic carbocycles. The zero-order chi connectivity index (χ0) is 12.6. The monoisotopic (exact) mass is 276 g/mol. The average molecular weight is 277 g/mol. The van der Waals surface area contributed by atoms with Crippen molar-refractivity contribution >= 4 is 12.4 Å². The summed E-state index contributed by atoms with van der Waals surface area (Å²) in [6.45, 7) is 3.62. The molecule has 7 heteroatoms. The molecular weight excluding hydrogens is 259 g/mol. The Morgan fingerprint density at radius 3 is 2.41 bits per heavy atom. The number of halogens is 4. The fraction of sp³-hybridized carbons (Fsp3) is 0.900. The topological polar surface area (TPSA) is 55.5 Å². The summed E-state index contributed by atoms with van der Waals surface area (Å²) in [6.07, 6.45) is -5.44. The minimum Gasteiger partial charge on any atom is -0.388 e. The van der Waals surface area contributed by atoms with Gasteiger partial charge in [0, 0.05) is 12.5 Å². The van der Waals surface area contributed by atoms with Crippen LogP contribution in [-0.4, -0.2) is 29.2 Å². The van der Waals surface area contributed by atoms with Gasteiger partial charge in [-0.05, 0) is 18.8 Å². The van der Waals surface area contributed by atoms with Crippen LogP contribution in [-0.2, 0) is 4.74 Å². The highest BCUT2D eigenvalue weighted by Gasteiger charge is 2.48. The lowest BCUT2D eigenvalue weighted by atomic mass is 9.88. The largest absolute Gasteiger partial charge is 0.522 e. The summed E-state index contributed by atoms with van der Waals surface area (Å²) in [4.78, 5) is 0. The van der Waals surface area contributed by atoms with Crippen LogP contribution in [0.1, 0.15) is 33.1 Å². The van der Waals surface area contributed by atoms with Crippen LogP contribution in [0.15, 0.2) is 0 Å². The molecule has 1 saturated carbocycles. The van der Waals surface area contributed by atoms with Crippen LogP contribution in [0.2, 0.25) is 0 Å². The first-order valence-electron chi connectivity index (χ1n) is 5.14. The smallest absolute Gasteiger partial charge is 0.388 e. The summed E-state index contributed by atoms with van der Waals surface area (Å²) in [5, 5.41) is 10.1. The van der Waals surface area contributed by atoms with E-state index in [9.17, 15) is 18.3 Å². The molecule has 0 bridgehead atoms. The number of hydrogen-bond acceptors (Lipinski definition) is 3. The molecule has 1 radical (unpaired) electrons. The van der Waals surface area contributed by atoms with Crippen molar-refractivity contribution in [3.63, 3.8) is 0 Å². The Morgan fingerprint density at radius 1 is 1.47 bits per heavy atom. The Kier molecular flexibility index (Phi) is 5.72. The van der Waals surface area contributed by atoms with Crippen LogP contribution in [0, 0.1) is 5.92 Å². The van der Waals surface area contributed by atoms with Gasteiger partial charge in [0.15, 0.2) is 0 Å². The molecule has 0 unspecified atom stereocenters. The molecule has 3 atom stereocenters. The normalized spacial score (nSPS) is 33.9. The van der Waals surface area contributed by atoms with Gasteiger partial charge in [0.25, 0.3) is 0 Å². The molecular formula is C10H18ClF3NO2. The Morgan fingerprint density at radius 2 is 2.00 bits per heavy atom. The zero-order valence-corrected chi connectivity index (χ0v) is 10.6. The Labute approximate surface area is 105 Å². The van der Waals surface area contributed by atoms with E-state index in [-0.39, 0.29) is 25.2 Å². The summed E-state index contributed by atoms with van der Waals surface area (Å²) < 4.78 is 39.9. The fourth-order valence-electron chi connectivity index (χ4n) is 2.23. The molecule has 0 aliphatic heterocycles. The molecule has 3 N–H and O–H groups in total. The maximum Gasteiger partial charge on any atom is 0.522 e. The molecule has 17 heavy (non-hydrogen) atoms. The predicted molar refractivity (Wildman–Crippen MR) is 59.5 cm³/mol. The van der Waals surface area contributed by atoms with Gasteiger partial charge in [-0.15, -0.1) is 25.6 Å². The summed E-state index contributed by atoms with van der Waals surface area (Å²) in [7, 11) is 0. The number of ether oxygens (including phenoxy) is 1. The second kappa shape index (κ2) is 5.73. The summed E-state index contributed by atoms with van der Waals surface area (Å²) in [6, 6.07) is -0.672. The van der Waals surface area contributed by atoms with E-state index < -0.39 is 24.1 Å². The van der Waals surface area contributed by atoms with E-state index in [0.29, 0.717) is 6.42 Å². The first-order chi connectivity index (χ1) is 7.12. The molecule has 0 amide bonds. The van der Waals surface area contributed by atoms with E-state index >= 15 is 0 Å². The molecule has 0 spiro atoms. The van der Waals surface area contributed by atoms with E-state index in [1.807, 2.05) is 13.8 Å². The lowest BCUT2D eigenvalue weighted by Gasteiger charge is -2.28. The molecule has 103 valence electrons. The maximum atomic E-state index is 12.0. The van der Waals surface area contributed by atoms with E-state index in [2.05, 4.69) is 4.74 Å². The van der Waals surface area contributed by atoms with Crippen molar-refractivity contribution in [1.29, 1.82) is 0 Å². The number of rotatable bonds is 3. The second-order valence-corrected chi connectivity index (χ2v) is 4.72. The molecule has 3 nitrogen and oxygen atoms in total. The highest BCUT2D eigenvalue weighted by Crippen LogP contribution is 2.38. The van der Waals surface area contributed by atoms with Gasteiger partial charge < -0.3 is 10.8 Å². The molecule has 1 rings (SSSR count). The van der Waals surface area contributed by atoms with Gasteiger partial charge >= 0.3 is 6.36 Å². The van der Waals surface area contributed by atoms with Crippen molar-refractivity contribution in [3.8, 4) is 0 Å². The lowest BCUT2D eigenvalue weighted by molar-refractivity contribution is -0.342. The number of hydrogen-bond donors (Lipinski definition) is 2. The molecule has 0 saturated heterocycles. The van der Waals surface area contributed by atoms with E-state index in [0.717, 1.165) is 5.92 Å². The summed E-state index contributed by atoms with van der Waals surface area (Å²) >= 11 is 0. The van der Waals surface area contributed by atoms with Gasteiger partial charge in [-0.3, -0.25) is 4.74 Å². The highest BCUT2D eigenvalue weighted by atomic mass is 35.5. The van der Waals surface area contributed by atoms with Crippen LogP contribution < -0.4 is 5.73 Å². The highest BCUT2D eigenvalue weighted by molar-refractivity contribution is 5.85. The third kappa shape index (κ3) is 4.99. The van der Waals surface area contributed by atoms with Crippen LogP contribution in [0.3, 0.4) is 0 Å². The molecule has 0 heterocycles. The minimum absolute atomic E-state index is 0. The van der Waals surface area contributed by atoms with Crippen LogP contribution in [0.5, 0.6) is 0 Å². The third-order valence-electron chi connectivity index (χ3n) is 2.75. The molecule has 0 aromatic carbocycles. The van der Waals surface area contributed by atoms with Gasteiger partial charge in [-0.2, -0.15) is 0 Å². The van der Waals surface area contributed by atoms with E-state index in [4.69, 9.17) is 5.73 Å². The molecule has 1 fully saturated rings. The van der Waals surface area contributed by atoms with Crippen LogP contribution in [0.25, 0.3) is 0 Å². The van der Waals surface area contributed by atoms with Crippen molar-refractivity contribution in [1.82, 2.24) is 0 Å². The van der Waals surface area contributed by atoms with Crippen LogP contribution >= 0.6 is 12.4 Å². The minimum atomic E-state index is -4.67. The number of nitrogens with two attached hydrogens (primary N) is 1. The first-order valence-corrected chi connectivity index (χ1v) is 5.14. The number of aliphatic hydroxyl groups is 1. The molecule has 0 aromatic heterocycles. The van der Waals surface area contributed by atoms with E-state index in [1.54, 1.807) is 0 Å². The van der Waals surface area contributed by atoms with Gasteiger partial charge in [-0.1, -0.05) is 13.8 Å². The Balaban J connectivity index is 0.00000256. The van der Waals surface area contributed by atoms with Gasteiger partial charge in [0.2, 0.25) is 0 Å². The molecule has 0 aromatic rings. The predicted octanol–water partition coefficient (Wildman–Crippen LogP) is 2.17. The first kappa shape index (κ1) is 17.0. The second-order valence-electron chi connectivity index (χ2n) is 4.72. The van der Waals surface area contributed by atoms with Crippen LogP contribution in [0.4, 0.5) is 13.2 Å². The van der Waals surface area contributed by atoms with Crippen molar-refractivity contribution in [2.45, 2.75) is 57.2 Å². The Bertz CT molecular complexity index is 250. The quantitative estimate of drug-likeness (QED) is 0.831. The zero-order valence-electron chi connectivity index (χ0n) is 9.75. The molecule has 1 aliphatic rings. The van der Waals surface area contributed by atoms with Crippen molar-refractivity contribution in [3.05, 3.63) is 5.92 Å². The van der Waals surface area contributed by atoms with Crippen molar-refractivity contribution < 1.29 is 23.0 Å². The standard InChI is InChI=1S/C10H17F3NO2.ClH/c1-6(2)4-9(15)5-7(3-8(9)14)16-10(11,12)13;/h7-8,15H,3-5,14H2,1-2H3;1H/t7-,8-,9-;/m0./s1. The van der Waals surface area contributed by atoms with Gasteiger partial charge in [0.05, 0.1) is 11.7 Å². The fourth-order valence-corrected chi connectivity index (χ4v) is 2.23. The average Bonchev–Trinajstić information content (AvgIpc) is 2.20. The maximum absolute atomic E-state index is 12.0.